The van der Waals surface area contributed by atoms with Gasteiger partial charge in [-0.1, -0.05) is 0 Å². The Kier molecular flexibility index (Phi) is 6.76. The maximum absolute atomic E-state index is 12.2. The molecule has 0 saturated heterocycles. The molecule has 30 heavy (non-hydrogen) atoms. The molecule has 2 aromatic carbocycles. The molecule has 154 valence electrons. The maximum Gasteiger partial charge on any atom is 0.358 e. The normalized spacial score (nSPS) is 10.2. The van der Waals surface area contributed by atoms with Crippen LogP contribution in [0.25, 0.3) is 10.6 Å². The molecule has 0 unspecified atom stereocenters. The minimum atomic E-state index is -0.692. The molecule has 0 radical (unpaired) electrons. The van der Waals surface area contributed by atoms with Crippen molar-refractivity contribution in [1.29, 1.82) is 0 Å². The molecule has 0 aliphatic heterocycles. The van der Waals surface area contributed by atoms with E-state index in [1.165, 1.54) is 30.6 Å². The highest BCUT2D eigenvalue weighted by Crippen LogP contribution is 2.26. The summed E-state index contributed by atoms with van der Waals surface area (Å²) < 4.78 is 14.8. The van der Waals surface area contributed by atoms with Crippen LogP contribution in [-0.2, 0) is 14.3 Å². The Bertz CT molecular complexity index is 1040. The lowest BCUT2D eigenvalue weighted by molar-refractivity contribution is -0.119. The van der Waals surface area contributed by atoms with E-state index in [9.17, 15) is 14.4 Å². The van der Waals surface area contributed by atoms with Crippen molar-refractivity contribution in [3.63, 3.8) is 0 Å². The molecule has 0 fully saturated rings. The number of benzene rings is 2. The molecular formula is C21H18N2O6S. The Hall–Kier alpha value is -3.72. The fourth-order valence-electron chi connectivity index (χ4n) is 2.44. The Labute approximate surface area is 176 Å². The summed E-state index contributed by atoms with van der Waals surface area (Å²) in [5.74, 6) is -0.957. The fourth-order valence-corrected chi connectivity index (χ4v) is 3.24. The van der Waals surface area contributed by atoms with Crippen molar-refractivity contribution in [2.75, 3.05) is 26.1 Å². The third kappa shape index (κ3) is 5.21. The number of anilines is 1. The topological polar surface area (TPSA) is 104 Å². The number of amides is 1. The van der Waals surface area contributed by atoms with Crippen molar-refractivity contribution in [1.82, 2.24) is 4.98 Å². The number of rotatable bonds is 7. The lowest BCUT2D eigenvalue weighted by Gasteiger charge is -2.06. The third-order valence-corrected chi connectivity index (χ3v) is 4.87. The summed E-state index contributed by atoms with van der Waals surface area (Å²) in [5.41, 5.74) is 1.78. The fraction of sp³-hybridized carbons (Fsp3) is 0.143. The second-order valence-corrected chi connectivity index (χ2v) is 6.82. The summed E-state index contributed by atoms with van der Waals surface area (Å²) in [6, 6.07) is 13.4. The number of hydrogen-bond acceptors (Lipinski definition) is 8. The lowest BCUT2D eigenvalue weighted by atomic mass is 10.2. The van der Waals surface area contributed by atoms with Crippen LogP contribution in [-0.4, -0.2) is 43.7 Å². The molecule has 0 saturated carbocycles. The molecule has 8 nitrogen and oxygen atoms in total. The highest BCUT2D eigenvalue weighted by atomic mass is 32.1. The second-order valence-electron chi connectivity index (χ2n) is 5.96. The van der Waals surface area contributed by atoms with Crippen molar-refractivity contribution in [2.24, 2.45) is 0 Å². The highest BCUT2D eigenvalue weighted by Gasteiger charge is 2.15. The van der Waals surface area contributed by atoms with E-state index < -0.39 is 24.5 Å². The van der Waals surface area contributed by atoms with Gasteiger partial charge in [0.1, 0.15) is 10.8 Å². The number of ether oxygens (including phenoxy) is 3. The molecule has 0 spiro atoms. The summed E-state index contributed by atoms with van der Waals surface area (Å²) >= 11 is 1.30. The van der Waals surface area contributed by atoms with Gasteiger partial charge in [-0.15, -0.1) is 11.3 Å². The molecule has 0 atom stereocenters. The average Bonchev–Trinajstić information content (AvgIpc) is 3.28. The van der Waals surface area contributed by atoms with Crippen molar-refractivity contribution in [2.45, 2.75) is 0 Å². The molecule has 1 heterocycles. The molecule has 1 amide bonds. The number of nitrogens with one attached hydrogen (secondary N) is 1. The van der Waals surface area contributed by atoms with Crippen LogP contribution in [0.1, 0.15) is 20.8 Å². The van der Waals surface area contributed by atoms with E-state index in [1.807, 2.05) is 12.1 Å². The van der Waals surface area contributed by atoms with E-state index in [0.29, 0.717) is 16.3 Å². The molecule has 9 heteroatoms. The van der Waals surface area contributed by atoms with Crippen LogP contribution in [0.3, 0.4) is 0 Å². The molecule has 1 aromatic heterocycles. The zero-order valence-electron chi connectivity index (χ0n) is 16.2. The first-order valence-electron chi connectivity index (χ1n) is 8.75. The quantitative estimate of drug-likeness (QED) is 0.578. The number of esters is 2. The van der Waals surface area contributed by atoms with Gasteiger partial charge in [-0.3, -0.25) is 4.79 Å². The van der Waals surface area contributed by atoms with Crippen molar-refractivity contribution in [3.05, 3.63) is 65.2 Å². The zero-order chi connectivity index (χ0) is 21.5. The predicted molar refractivity (Wildman–Crippen MR) is 111 cm³/mol. The predicted octanol–water partition coefficient (Wildman–Crippen LogP) is 3.40. The Morgan fingerprint density at radius 3 is 2.30 bits per heavy atom. The van der Waals surface area contributed by atoms with Crippen molar-refractivity contribution in [3.8, 4) is 16.3 Å². The van der Waals surface area contributed by atoms with E-state index in [2.05, 4.69) is 15.0 Å². The first kappa shape index (κ1) is 21.0. The van der Waals surface area contributed by atoms with Crippen LogP contribution < -0.4 is 10.1 Å². The monoisotopic (exact) mass is 426 g/mol. The molecule has 0 bridgehead atoms. The first-order valence-corrected chi connectivity index (χ1v) is 9.63. The van der Waals surface area contributed by atoms with Crippen molar-refractivity contribution >= 4 is 34.9 Å². The molecule has 0 aliphatic carbocycles. The minimum Gasteiger partial charge on any atom is -0.497 e. The summed E-state index contributed by atoms with van der Waals surface area (Å²) in [4.78, 5) is 39.8. The van der Waals surface area contributed by atoms with Gasteiger partial charge in [0.2, 0.25) is 0 Å². The molecular weight excluding hydrogens is 408 g/mol. The van der Waals surface area contributed by atoms with Gasteiger partial charge in [-0.2, -0.15) is 0 Å². The summed E-state index contributed by atoms with van der Waals surface area (Å²) in [7, 11) is 2.87. The molecule has 3 rings (SSSR count). The van der Waals surface area contributed by atoms with Crippen LogP contribution in [0, 0.1) is 0 Å². The Morgan fingerprint density at radius 2 is 1.67 bits per heavy atom. The van der Waals surface area contributed by atoms with Gasteiger partial charge in [0.15, 0.2) is 12.3 Å². The number of nitrogens with zero attached hydrogens (tertiary/aromatic N) is 1. The van der Waals surface area contributed by atoms with Gasteiger partial charge in [0.05, 0.1) is 19.8 Å². The third-order valence-electron chi connectivity index (χ3n) is 3.97. The Balaban J connectivity index is 1.53. The van der Waals surface area contributed by atoms with Crippen LogP contribution in [0.2, 0.25) is 0 Å². The summed E-state index contributed by atoms with van der Waals surface area (Å²) in [6.45, 7) is -0.465. The van der Waals surface area contributed by atoms with Gasteiger partial charge in [-0.25, -0.2) is 14.6 Å². The minimum absolute atomic E-state index is 0.126. The number of methoxy groups -OCH3 is 2. The largest absolute Gasteiger partial charge is 0.497 e. The first-order chi connectivity index (χ1) is 14.5. The number of carbonyl (C=O) groups is 3. The lowest BCUT2D eigenvalue weighted by Crippen LogP contribution is -2.21. The van der Waals surface area contributed by atoms with E-state index in [0.717, 1.165) is 11.3 Å². The van der Waals surface area contributed by atoms with E-state index in [-0.39, 0.29) is 5.69 Å². The highest BCUT2D eigenvalue weighted by molar-refractivity contribution is 7.13. The smallest absolute Gasteiger partial charge is 0.358 e. The number of carbonyl (C=O) groups excluding carboxylic acids is 3. The van der Waals surface area contributed by atoms with E-state index in [4.69, 9.17) is 9.47 Å². The number of hydrogen-bond donors (Lipinski definition) is 1. The van der Waals surface area contributed by atoms with Crippen LogP contribution >= 0.6 is 11.3 Å². The molecule has 0 aliphatic rings. The van der Waals surface area contributed by atoms with E-state index >= 15 is 0 Å². The second kappa shape index (κ2) is 9.66. The van der Waals surface area contributed by atoms with Crippen LogP contribution in [0.15, 0.2) is 53.9 Å². The van der Waals surface area contributed by atoms with Gasteiger partial charge in [0.25, 0.3) is 5.91 Å². The van der Waals surface area contributed by atoms with Gasteiger partial charge >= 0.3 is 11.9 Å². The van der Waals surface area contributed by atoms with E-state index in [1.54, 1.807) is 36.8 Å². The SMILES string of the molecule is COC(=O)c1ccc(NC(=O)COC(=O)c2csc(-c3ccc(OC)cc3)n2)cc1. The van der Waals surface area contributed by atoms with Gasteiger partial charge in [-0.05, 0) is 48.5 Å². The van der Waals surface area contributed by atoms with Crippen molar-refractivity contribution < 1.29 is 28.6 Å². The number of thiazole rings is 1. The Morgan fingerprint density at radius 1 is 0.967 bits per heavy atom. The average molecular weight is 426 g/mol. The standard InChI is InChI=1S/C21H18N2O6S/c1-27-16-9-5-13(6-10-16)19-23-17(12-30-19)21(26)29-11-18(24)22-15-7-3-14(4-8-15)20(25)28-2/h3-10,12H,11H2,1-2H3,(H,22,24). The molecule has 1 N–H and O–H groups in total. The summed E-state index contributed by atoms with van der Waals surface area (Å²) in [6.07, 6.45) is 0. The summed E-state index contributed by atoms with van der Waals surface area (Å²) in [5, 5.41) is 4.80. The number of aromatic nitrogens is 1. The maximum atomic E-state index is 12.2. The van der Waals surface area contributed by atoms with Gasteiger partial charge < -0.3 is 19.5 Å². The van der Waals surface area contributed by atoms with Gasteiger partial charge in [0, 0.05) is 16.6 Å². The van der Waals surface area contributed by atoms with Crippen LogP contribution in [0.5, 0.6) is 5.75 Å². The van der Waals surface area contributed by atoms with Crippen LogP contribution in [0.4, 0.5) is 5.69 Å². The molecule has 3 aromatic rings. The zero-order valence-corrected chi connectivity index (χ0v) is 17.0.